The van der Waals surface area contributed by atoms with E-state index in [-0.39, 0.29) is 40.4 Å². The molecule has 158 valence electrons. The maximum Gasteiger partial charge on any atom is 0.450 e. The second-order valence-electron chi connectivity index (χ2n) is 6.35. The molecule has 0 saturated carbocycles. The van der Waals surface area contributed by atoms with Crippen LogP contribution in [0.5, 0.6) is 17.2 Å². The monoisotopic (exact) mass is 422 g/mol. The predicted octanol–water partition coefficient (Wildman–Crippen LogP) is 4.46. The highest BCUT2D eigenvalue weighted by atomic mass is 19.4. The summed E-state index contributed by atoms with van der Waals surface area (Å²) >= 11 is 0. The number of hydrogen-bond acceptors (Lipinski definition) is 6. The number of carbonyl (C=O) groups excluding carboxylic acids is 1. The van der Waals surface area contributed by atoms with Gasteiger partial charge in [-0.15, -0.1) is 0 Å². The van der Waals surface area contributed by atoms with Gasteiger partial charge in [0.1, 0.15) is 17.9 Å². The molecule has 0 bridgehead atoms. The molecular formula is C21H17F3O6. The zero-order valence-corrected chi connectivity index (χ0v) is 16.3. The molecule has 3 rings (SSSR count). The third kappa shape index (κ3) is 4.10. The van der Waals surface area contributed by atoms with Crippen LogP contribution in [0.1, 0.15) is 12.7 Å². The second-order valence-corrected chi connectivity index (χ2v) is 6.35. The van der Waals surface area contributed by atoms with Crippen LogP contribution in [0.2, 0.25) is 0 Å². The smallest absolute Gasteiger partial charge is 0.450 e. The van der Waals surface area contributed by atoms with Gasteiger partial charge < -0.3 is 18.6 Å². The minimum atomic E-state index is -4.94. The van der Waals surface area contributed by atoms with Crippen molar-refractivity contribution in [3.63, 3.8) is 0 Å². The number of hydrogen-bond donors (Lipinski definition) is 0. The van der Waals surface area contributed by atoms with Gasteiger partial charge in [-0.3, -0.25) is 9.59 Å². The molecule has 0 aliphatic heterocycles. The number of halogens is 3. The summed E-state index contributed by atoms with van der Waals surface area (Å²) in [5.74, 6) is -1.15. The Morgan fingerprint density at radius 3 is 2.33 bits per heavy atom. The second kappa shape index (κ2) is 8.10. The first-order valence-corrected chi connectivity index (χ1v) is 8.68. The van der Waals surface area contributed by atoms with Gasteiger partial charge in [0.05, 0.1) is 25.2 Å². The number of benzene rings is 2. The van der Waals surface area contributed by atoms with Gasteiger partial charge in [-0.1, -0.05) is 6.07 Å². The summed E-state index contributed by atoms with van der Waals surface area (Å²) in [7, 11) is 2.71. The van der Waals surface area contributed by atoms with Crippen molar-refractivity contribution in [2.24, 2.45) is 0 Å². The molecule has 0 spiro atoms. The fraction of sp³-hybridized carbons (Fsp3) is 0.238. The highest BCUT2D eigenvalue weighted by Crippen LogP contribution is 2.40. The SMILES string of the molecule is COc1ccc(-c2c(C(F)(F)F)oc3cc(OCC(C)=O)ccc3c2=O)cc1OC. The molecule has 0 aliphatic rings. The van der Waals surface area contributed by atoms with Crippen LogP contribution in [-0.4, -0.2) is 26.6 Å². The summed E-state index contributed by atoms with van der Waals surface area (Å²) in [4.78, 5) is 24.1. The lowest BCUT2D eigenvalue weighted by atomic mass is 10.0. The Hall–Kier alpha value is -3.49. The van der Waals surface area contributed by atoms with Gasteiger partial charge in [0.25, 0.3) is 0 Å². The lowest BCUT2D eigenvalue weighted by Crippen LogP contribution is -2.16. The molecular weight excluding hydrogens is 405 g/mol. The normalized spacial score (nSPS) is 11.4. The van der Waals surface area contributed by atoms with E-state index in [2.05, 4.69) is 0 Å². The van der Waals surface area contributed by atoms with Crippen LogP contribution in [-0.2, 0) is 11.0 Å². The van der Waals surface area contributed by atoms with E-state index >= 15 is 0 Å². The third-order valence-electron chi connectivity index (χ3n) is 4.24. The maximum absolute atomic E-state index is 13.8. The Morgan fingerprint density at radius 1 is 1.03 bits per heavy atom. The van der Waals surface area contributed by atoms with Crippen LogP contribution in [0.25, 0.3) is 22.1 Å². The zero-order valence-electron chi connectivity index (χ0n) is 16.3. The Kier molecular flexibility index (Phi) is 5.73. The number of carbonyl (C=O) groups is 1. The van der Waals surface area contributed by atoms with Crippen molar-refractivity contribution in [2.45, 2.75) is 13.1 Å². The lowest BCUT2D eigenvalue weighted by molar-refractivity contribution is -0.152. The molecule has 0 saturated heterocycles. The van der Waals surface area contributed by atoms with Crippen LogP contribution < -0.4 is 19.6 Å². The maximum atomic E-state index is 13.8. The molecule has 0 aliphatic carbocycles. The fourth-order valence-electron chi connectivity index (χ4n) is 2.90. The van der Waals surface area contributed by atoms with E-state index in [1.807, 2.05) is 0 Å². The topological polar surface area (TPSA) is 75.0 Å². The van der Waals surface area contributed by atoms with Gasteiger partial charge in [-0.05, 0) is 36.8 Å². The number of ether oxygens (including phenoxy) is 3. The van der Waals surface area contributed by atoms with Crippen LogP contribution in [0.4, 0.5) is 13.2 Å². The number of Topliss-reactive ketones (excluding diaryl/α,β-unsaturated/α-hetero) is 1. The molecule has 30 heavy (non-hydrogen) atoms. The third-order valence-corrected chi connectivity index (χ3v) is 4.24. The first-order chi connectivity index (χ1) is 14.2. The van der Waals surface area contributed by atoms with Crippen molar-refractivity contribution < 1.29 is 36.6 Å². The van der Waals surface area contributed by atoms with E-state index in [0.717, 1.165) is 6.07 Å². The van der Waals surface area contributed by atoms with E-state index in [0.29, 0.717) is 5.75 Å². The summed E-state index contributed by atoms with van der Waals surface area (Å²) in [5, 5.41) is -0.0667. The highest BCUT2D eigenvalue weighted by molar-refractivity contribution is 5.84. The standard InChI is InChI=1S/C21H17F3O6/c1-11(25)10-29-13-5-6-14-16(9-13)30-20(21(22,23)24)18(19(14)26)12-4-7-15(27-2)17(8-12)28-3/h4-9H,10H2,1-3H3. The first kappa shape index (κ1) is 21.2. The predicted molar refractivity (Wildman–Crippen MR) is 102 cm³/mol. The minimum Gasteiger partial charge on any atom is -0.493 e. The molecule has 0 amide bonds. The van der Waals surface area contributed by atoms with Gasteiger partial charge in [-0.2, -0.15) is 13.2 Å². The zero-order chi connectivity index (χ0) is 22.1. The summed E-state index contributed by atoms with van der Waals surface area (Å²) in [6, 6.07) is 7.81. The minimum absolute atomic E-state index is 0.0347. The van der Waals surface area contributed by atoms with Gasteiger partial charge in [0, 0.05) is 6.07 Å². The summed E-state index contributed by atoms with van der Waals surface area (Å²) in [6.07, 6.45) is -4.94. The molecule has 6 nitrogen and oxygen atoms in total. The molecule has 1 aromatic heterocycles. The molecule has 1 heterocycles. The average Bonchev–Trinajstić information content (AvgIpc) is 2.70. The Morgan fingerprint density at radius 2 is 1.73 bits per heavy atom. The number of methoxy groups -OCH3 is 2. The van der Waals surface area contributed by atoms with Gasteiger partial charge in [0.15, 0.2) is 17.3 Å². The summed E-state index contributed by atoms with van der Waals surface area (Å²) in [5.41, 5.74) is -1.85. The van der Waals surface area contributed by atoms with Crippen LogP contribution in [0.3, 0.4) is 0 Å². The molecule has 2 aromatic carbocycles. The fourth-order valence-corrected chi connectivity index (χ4v) is 2.90. The number of ketones is 1. The van der Waals surface area contributed by atoms with Crippen LogP contribution in [0, 0.1) is 0 Å². The molecule has 3 aromatic rings. The lowest BCUT2D eigenvalue weighted by Gasteiger charge is -2.15. The summed E-state index contributed by atoms with van der Waals surface area (Å²) in [6.45, 7) is 1.05. The Bertz CT molecular complexity index is 1160. The molecule has 9 heteroatoms. The first-order valence-electron chi connectivity index (χ1n) is 8.68. The van der Waals surface area contributed by atoms with E-state index < -0.39 is 22.9 Å². The highest BCUT2D eigenvalue weighted by Gasteiger charge is 2.39. The van der Waals surface area contributed by atoms with Crippen LogP contribution >= 0.6 is 0 Å². The van der Waals surface area contributed by atoms with E-state index in [1.165, 1.54) is 51.5 Å². The quantitative estimate of drug-likeness (QED) is 0.584. The van der Waals surface area contributed by atoms with Crippen molar-refractivity contribution in [1.82, 2.24) is 0 Å². The molecule has 0 atom stereocenters. The van der Waals surface area contributed by atoms with E-state index in [9.17, 15) is 22.8 Å². The van der Waals surface area contributed by atoms with Crippen molar-refractivity contribution >= 4 is 16.8 Å². The van der Waals surface area contributed by atoms with Gasteiger partial charge >= 0.3 is 6.18 Å². The van der Waals surface area contributed by atoms with Crippen LogP contribution in [0.15, 0.2) is 45.6 Å². The van der Waals surface area contributed by atoms with Crippen molar-refractivity contribution in [3.8, 4) is 28.4 Å². The molecule has 0 fully saturated rings. The molecule has 0 radical (unpaired) electrons. The summed E-state index contributed by atoms with van der Waals surface area (Å²) < 4.78 is 61.8. The average molecular weight is 422 g/mol. The Balaban J connectivity index is 2.26. The van der Waals surface area contributed by atoms with Crippen molar-refractivity contribution in [3.05, 3.63) is 52.4 Å². The van der Waals surface area contributed by atoms with Gasteiger partial charge in [0.2, 0.25) is 11.2 Å². The molecule has 0 unspecified atom stereocenters. The molecule has 0 N–H and O–H groups in total. The van der Waals surface area contributed by atoms with Gasteiger partial charge in [-0.25, -0.2) is 0 Å². The largest absolute Gasteiger partial charge is 0.493 e. The van der Waals surface area contributed by atoms with Crippen molar-refractivity contribution in [2.75, 3.05) is 20.8 Å². The van der Waals surface area contributed by atoms with E-state index in [1.54, 1.807) is 0 Å². The number of fused-ring (bicyclic) bond motifs is 1. The van der Waals surface area contributed by atoms with E-state index in [4.69, 9.17) is 18.6 Å². The Labute approximate surface area is 168 Å². The number of rotatable bonds is 6. The van der Waals surface area contributed by atoms with Crippen molar-refractivity contribution in [1.29, 1.82) is 0 Å². The number of alkyl halides is 3.